The Hall–Kier alpha value is -3.18. The number of nitrogens with one attached hydrogen (secondary N) is 2. The molecule has 0 aliphatic heterocycles. The summed E-state index contributed by atoms with van der Waals surface area (Å²) >= 11 is 2.17. The van der Waals surface area contributed by atoms with Gasteiger partial charge < -0.3 is 10.4 Å². The molecule has 3 rings (SSSR count). The molecule has 2 amide bonds. The number of aromatic hydroxyl groups is 1. The second-order valence-electron chi connectivity index (χ2n) is 7.33. The summed E-state index contributed by atoms with van der Waals surface area (Å²) in [7, 11) is 0. The monoisotopic (exact) mass is 495 g/mol. The lowest BCUT2D eigenvalue weighted by Crippen LogP contribution is -2.29. The molecular formula is C22H20F3N3O3S2. The molecule has 0 radical (unpaired) electrons. The van der Waals surface area contributed by atoms with Gasteiger partial charge in [-0.25, -0.2) is 5.43 Å². The van der Waals surface area contributed by atoms with E-state index in [-0.39, 0.29) is 17.7 Å². The Morgan fingerprint density at radius 1 is 1.03 bits per heavy atom. The number of amides is 2. The Labute approximate surface area is 195 Å². The summed E-state index contributed by atoms with van der Waals surface area (Å²) < 4.78 is 38.3. The maximum absolute atomic E-state index is 12.8. The molecule has 0 spiro atoms. The molecule has 3 N–H and O–H groups in total. The van der Waals surface area contributed by atoms with Crippen LogP contribution in [-0.4, -0.2) is 28.7 Å². The van der Waals surface area contributed by atoms with Crippen LogP contribution in [0.5, 0.6) is 5.75 Å². The number of hydrogen-bond acceptors (Lipinski definition) is 6. The van der Waals surface area contributed by atoms with E-state index in [4.69, 9.17) is 0 Å². The second-order valence-corrected chi connectivity index (χ2v) is 9.30. The summed E-state index contributed by atoms with van der Waals surface area (Å²) in [5.41, 5.74) is 2.70. The van der Waals surface area contributed by atoms with Crippen molar-refractivity contribution in [1.82, 2.24) is 10.7 Å². The van der Waals surface area contributed by atoms with E-state index in [1.807, 2.05) is 13.8 Å². The Bertz CT molecular complexity index is 1200. The summed E-state index contributed by atoms with van der Waals surface area (Å²) in [6.07, 6.45) is -4.44. The Morgan fingerprint density at radius 2 is 1.64 bits per heavy atom. The Balaban J connectivity index is 1.72. The van der Waals surface area contributed by atoms with E-state index in [0.717, 1.165) is 34.8 Å². The molecule has 0 fully saturated rings. The highest BCUT2D eigenvalue weighted by molar-refractivity contribution is 7.16. The fourth-order valence-corrected chi connectivity index (χ4v) is 4.60. The molecule has 0 saturated carbocycles. The number of hydrazone groups is 1. The topological polar surface area (TPSA) is 90.8 Å². The Kier molecular flexibility index (Phi) is 7.23. The number of benzene rings is 1. The zero-order chi connectivity index (χ0) is 24.3. The zero-order valence-electron chi connectivity index (χ0n) is 17.8. The van der Waals surface area contributed by atoms with Crippen molar-refractivity contribution < 1.29 is 27.9 Å². The van der Waals surface area contributed by atoms with Gasteiger partial charge in [0, 0.05) is 11.4 Å². The second kappa shape index (κ2) is 9.75. The summed E-state index contributed by atoms with van der Waals surface area (Å²) in [4.78, 5) is 25.5. The minimum atomic E-state index is -4.44. The van der Waals surface area contributed by atoms with Crippen LogP contribution in [0.2, 0.25) is 0 Å². The molecule has 1 aromatic carbocycles. The van der Waals surface area contributed by atoms with Crippen molar-refractivity contribution >= 4 is 40.2 Å². The van der Waals surface area contributed by atoms with Gasteiger partial charge in [0.1, 0.15) is 5.75 Å². The number of rotatable bonds is 6. The molecule has 0 bridgehead atoms. The van der Waals surface area contributed by atoms with E-state index in [0.29, 0.717) is 31.5 Å². The highest BCUT2D eigenvalue weighted by Crippen LogP contribution is 2.40. The van der Waals surface area contributed by atoms with E-state index < -0.39 is 17.6 Å². The summed E-state index contributed by atoms with van der Waals surface area (Å²) in [5.74, 6) is -0.924. The molecule has 0 atom stereocenters. The van der Waals surface area contributed by atoms with Crippen LogP contribution in [0, 0.1) is 0 Å². The van der Waals surface area contributed by atoms with Crippen molar-refractivity contribution in [3.8, 4) is 16.2 Å². The number of carbonyl (C=O) groups is 2. The summed E-state index contributed by atoms with van der Waals surface area (Å²) in [5, 5.41) is 18.9. The van der Waals surface area contributed by atoms with Gasteiger partial charge in [0.25, 0.3) is 11.8 Å². The van der Waals surface area contributed by atoms with E-state index in [9.17, 15) is 27.9 Å². The van der Waals surface area contributed by atoms with Crippen LogP contribution in [-0.2, 0) is 6.18 Å². The fourth-order valence-electron chi connectivity index (χ4n) is 2.79. The van der Waals surface area contributed by atoms with Gasteiger partial charge in [0.15, 0.2) is 0 Å². The van der Waals surface area contributed by atoms with Gasteiger partial charge in [-0.05, 0) is 50.6 Å². The first-order valence-corrected chi connectivity index (χ1v) is 11.4. The van der Waals surface area contributed by atoms with E-state index in [1.54, 1.807) is 18.4 Å². The third-order valence-corrected chi connectivity index (χ3v) is 6.53. The lowest BCUT2D eigenvalue weighted by atomic mass is 10.1. The fraction of sp³-hybridized carbons (Fsp3) is 0.227. The average molecular weight is 496 g/mol. The van der Waals surface area contributed by atoms with Crippen molar-refractivity contribution in [1.29, 1.82) is 0 Å². The molecule has 6 nitrogen and oxygen atoms in total. The van der Waals surface area contributed by atoms with E-state index in [1.165, 1.54) is 18.2 Å². The normalized spacial score (nSPS) is 12.2. The number of thiophene rings is 2. The van der Waals surface area contributed by atoms with Crippen molar-refractivity contribution in [3.63, 3.8) is 0 Å². The van der Waals surface area contributed by atoms with Crippen LogP contribution in [0.25, 0.3) is 10.4 Å². The molecule has 3 aromatic rings. The predicted molar refractivity (Wildman–Crippen MR) is 123 cm³/mol. The first kappa shape index (κ1) is 24.5. The predicted octanol–water partition coefficient (Wildman–Crippen LogP) is 5.49. The van der Waals surface area contributed by atoms with E-state index >= 15 is 0 Å². The average Bonchev–Trinajstić information content (AvgIpc) is 3.38. The van der Waals surface area contributed by atoms with Crippen molar-refractivity contribution in [2.75, 3.05) is 0 Å². The number of carbonyl (C=O) groups excluding carboxylic acids is 2. The highest BCUT2D eigenvalue weighted by Gasteiger charge is 2.30. The summed E-state index contributed by atoms with van der Waals surface area (Å²) in [6, 6.07) is 7.51. The molecule has 0 saturated heterocycles. The highest BCUT2D eigenvalue weighted by atomic mass is 32.1. The number of halogens is 3. The van der Waals surface area contributed by atoms with Gasteiger partial charge in [-0.1, -0.05) is 12.1 Å². The number of alkyl halides is 3. The molecule has 33 heavy (non-hydrogen) atoms. The lowest BCUT2D eigenvalue weighted by Gasteiger charge is -2.07. The van der Waals surface area contributed by atoms with Crippen LogP contribution in [0.3, 0.4) is 0 Å². The molecule has 0 aliphatic carbocycles. The number of nitrogens with zero attached hydrogens (tertiary/aromatic N) is 1. The largest absolute Gasteiger partial charge is 0.506 e. The van der Waals surface area contributed by atoms with Crippen LogP contribution in [0.1, 0.15) is 51.2 Å². The van der Waals surface area contributed by atoms with Gasteiger partial charge in [-0.3, -0.25) is 9.59 Å². The zero-order valence-corrected chi connectivity index (χ0v) is 19.4. The molecule has 2 heterocycles. The van der Waals surface area contributed by atoms with Gasteiger partial charge in [-0.15, -0.1) is 22.7 Å². The molecule has 0 aliphatic rings. The maximum atomic E-state index is 12.8. The minimum Gasteiger partial charge on any atom is -0.506 e. The molecule has 2 aromatic heterocycles. The maximum Gasteiger partial charge on any atom is 0.416 e. The van der Waals surface area contributed by atoms with Crippen LogP contribution < -0.4 is 10.7 Å². The van der Waals surface area contributed by atoms with Crippen molar-refractivity contribution in [2.45, 2.75) is 33.0 Å². The molecule has 0 unspecified atom stereocenters. The minimum absolute atomic E-state index is 0.0325. The summed E-state index contributed by atoms with van der Waals surface area (Å²) in [6.45, 7) is 5.24. The van der Waals surface area contributed by atoms with Crippen molar-refractivity contribution in [3.05, 3.63) is 62.7 Å². The number of hydrogen-bond donors (Lipinski definition) is 3. The van der Waals surface area contributed by atoms with Gasteiger partial charge in [0.2, 0.25) is 0 Å². The smallest absolute Gasteiger partial charge is 0.416 e. The van der Waals surface area contributed by atoms with Crippen molar-refractivity contribution in [2.24, 2.45) is 5.10 Å². The molecule has 11 heteroatoms. The SMILES string of the molecule is C/C(=N\NC(=O)c1ccc(C(=O)NC(C)C)s1)c1csc(-c2ccc(C(F)(F)F)cc2)c1O. The standard InChI is InChI=1S/C22H20F3N3O3S2/c1-11(2)26-20(30)16-8-9-17(33-16)21(31)28-27-12(3)15-10-32-19(18(15)29)13-4-6-14(7-5-13)22(23,24)25/h4-11,29H,1-3H3,(H,26,30)(H,28,31)/b27-12+. The lowest BCUT2D eigenvalue weighted by molar-refractivity contribution is -0.137. The van der Waals surface area contributed by atoms with Crippen LogP contribution in [0.15, 0.2) is 46.9 Å². The van der Waals surface area contributed by atoms with Gasteiger partial charge in [0.05, 0.1) is 31.5 Å². The third-order valence-electron chi connectivity index (χ3n) is 4.43. The Morgan fingerprint density at radius 3 is 2.21 bits per heavy atom. The first-order valence-electron chi connectivity index (χ1n) is 9.71. The third kappa shape index (κ3) is 5.79. The molecular weight excluding hydrogens is 475 g/mol. The molecule has 174 valence electrons. The first-order chi connectivity index (χ1) is 15.5. The van der Waals surface area contributed by atoms with Gasteiger partial charge in [-0.2, -0.15) is 18.3 Å². The van der Waals surface area contributed by atoms with E-state index in [2.05, 4.69) is 15.8 Å². The van der Waals surface area contributed by atoms with Gasteiger partial charge >= 0.3 is 6.18 Å². The quantitative estimate of drug-likeness (QED) is 0.312. The van der Waals surface area contributed by atoms with Crippen LogP contribution in [0.4, 0.5) is 13.2 Å². The van der Waals surface area contributed by atoms with Crippen LogP contribution >= 0.6 is 22.7 Å².